The molecule has 2 aromatic heterocycles. The minimum absolute atomic E-state index is 0.128. The summed E-state index contributed by atoms with van der Waals surface area (Å²) in [6, 6.07) is 16.9. The zero-order valence-electron chi connectivity index (χ0n) is 15.7. The lowest BCUT2D eigenvalue weighted by atomic mass is 10.1. The van der Waals surface area contributed by atoms with Gasteiger partial charge in [0.25, 0.3) is 0 Å². The first-order chi connectivity index (χ1) is 14.1. The average Bonchev–Trinajstić information content (AvgIpc) is 3.35. The molecule has 0 aliphatic heterocycles. The molecule has 0 radical (unpaired) electrons. The highest BCUT2D eigenvalue weighted by atomic mass is 32.2. The number of thioether (sulfide) groups is 1. The summed E-state index contributed by atoms with van der Waals surface area (Å²) in [5.74, 6) is 0.466. The number of amides is 1. The van der Waals surface area contributed by atoms with Crippen LogP contribution in [0.1, 0.15) is 21.6 Å². The standard InChI is InChI=1S/C19H17N7OS2/c1-12-21-25-26(24-12)16-10-8-15(9-11-16)20-18(27)17(14-6-4-3-5-7-14)29-19-23-22-13(2)28-19/h3-11,17H,1-2H3,(H,20,27). The molecular formula is C19H17N7OS2. The highest BCUT2D eigenvalue weighted by molar-refractivity contribution is 8.01. The number of nitrogens with one attached hydrogen (secondary N) is 1. The summed E-state index contributed by atoms with van der Waals surface area (Å²) in [6.07, 6.45) is 0. The second kappa shape index (κ2) is 8.50. The largest absolute Gasteiger partial charge is 0.325 e. The highest BCUT2D eigenvalue weighted by Crippen LogP contribution is 2.37. The first-order valence-electron chi connectivity index (χ1n) is 8.78. The molecule has 8 nitrogen and oxygen atoms in total. The molecule has 0 aliphatic carbocycles. The van der Waals surface area contributed by atoms with Crippen molar-refractivity contribution in [3.8, 4) is 5.69 Å². The van der Waals surface area contributed by atoms with E-state index in [-0.39, 0.29) is 5.91 Å². The number of aryl methyl sites for hydroxylation is 2. The second-order valence-corrected chi connectivity index (χ2v) is 8.69. The number of carbonyl (C=O) groups excluding carboxylic acids is 1. The summed E-state index contributed by atoms with van der Waals surface area (Å²) in [4.78, 5) is 14.5. The lowest BCUT2D eigenvalue weighted by Gasteiger charge is -2.15. The molecular weight excluding hydrogens is 406 g/mol. The van der Waals surface area contributed by atoms with Gasteiger partial charge in [-0.05, 0) is 48.9 Å². The third-order valence-corrected chi connectivity index (χ3v) is 6.12. The molecule has 0 aliphatic rings. The SMILES string of the molecule is Cc1nnn(-c2ccc(NC(=O)C(Sc3nnc(C)s3)c3ccccc3)cc2)n1. The van der Waals surface area contributed by atoms with Crippen molar-refractivity contribution >= 4 is 34.7 Å². The molecule has 0 bridgehead atoms. The Morgan fingerprint density at radius 3 is 2.41 bits per heavy atom. The van der Waals surface area contributed by atoms with E-state index >= 15 is 0 Å². The molecule has 4 aromatic rings. The highest BCUT2D eigenvalue weighted by Gasteiger charge is 2.24. The fourth-order valence-electron chi connectivity index (χ4n) is 2.61. The van der Waals surface area contributed by atoms with E-state index in [0.717, 1.165) is 20.6 Å². The van der Waals surface area contributed by atoms with Gasteiger partial charge in [-0.2, -0.15) is 0 Å². The van der Waals surface area contributed by atoms with Gasteiger partial charge in [-0.25, -0.2) is 0 Å². The Balaban J connectivity index is 1.53. The van der Waals surface area contributed by atoms with Crippen LogP contribution in [0, 0.1) is 13.8 Å². The number of tetrazole rings is 1. The lowest BCUT2D eigenvalue weighted by molar-refractivity contribution is -0.115. The number of hydrogen-bond donors (Lipinski definition) is 1. The monoisotopic (exact) mass is 423 g/mol. The minimum atomic E-state index is -0.442. The molecule has 1 amide bonds. The zero-order chi connectivity index (χ0) is 20.2. The van der Waals surface area contributed by atoms with Gasteiger partial charge >= 0.3 is 0 Å². The maximum absolute atomic E-state index is 13.1. The number of aromatic nitrogens is 6. The summed E-state index contributed by atoms with van der Waals surface area (Å²) in [7, 11) is 0. The van der Waals surface area contributed by atoms with Crippen LogP contribution >= 0.6 is 23.1 Å². The Morgan fingerprint density at radius 2 is 1.79 bits per heavy atom. The topological polar surface area (TPSA) is 98.5 Å². The van der Waals surface area contributed by atoms with Crippen molar-refractivity contribution in [2.75, 3.05) is 5.32 Å². The summed E-state index contributed by atoms with van der Waals surface area (Å²) >= 11 is 2.87. The van der Waals surface area contributed by atoms with E-state index in [1.807, 2.05) is 61.5 Å². The number of hydrogen-bond acceptors (Lipinski definition) is 8. The Morgan fingerprint density at radius 1 is 1.03 bits per heavy atom. The first kappa shape index (κ1) is 19.2. The number of benzene rings is 2. The van der Waals surface area contributed by atoms with Gasteiger partial charge in [0, 0.05) is 5.69 Å². The number of anilines is 1. The van der Waals surface area contributed by atoms with E-state index in [1.54, 1.807) is 6.92 Å². The number of carbonyl (C=O) groups is 1. The van der Waals surface area contributed by atoms with E-state index < -0.39 is 5.25 Å². The molecule has 146 valence electrons. The van der Waals surface area contributed by atoms with Crippen LogP contribution in [0.15, 0.2) is 58.9 Å². The summed E-state index contributed by atoms with van der Waals surface area (Å²) in [6.45, 7) is 3.67. The Bertz CT molecular complexity index is 1110. The zero-order valence-corrected chi connectivity index (χ0v) is 17.3. The molecule has 29 heavy (non-hydrogen) atoms. The van der Waals surface area contributed by atoms with E-state index in [4.69, 9.17) is 0 Å². The lowest BCUT2D eigenvalue weighted by Crippen LogP contribution is -2.19. The van der Waals surface area contributed by atoms with Crippen molar-refractivity contribution in [1.82, 2.24) is 30.4 Å². The van der Waals surface area contributed by atoms with Gasteiger partial charge in [0.15, 0.2) is 10.2 Å². The predicted octanol–water partition coefficient (Wildman–Crippen LogP) is 3.60. The Labute approximate surface area is 175 Å². The average molecular weight is 424 g/mol. The van der Waals surface area contributed by atoms with Gasteiger partial charge in [-0.15, -0.1) is 25.2 Å². The van der Waals surface area contributed by atoms with Crippen LogP contribution in [0.5, 0.6) is 0 Å². The van der Waals surface area contributed by atoms with Gasteiger partial charge in [0.05, 0.1) is 5.69 Å². The quantitative estimate of drug-likeness (QED) is 0.473. The van der Waals surface area contributed by atoms with Crippen LogP contribution in [0.25, 0.3) is 5.69 Å². The first-order valence-corrected chi connectivity index (χ1v) is 10.5. The smallest absolute Gasteiger partial charge is 0.242 e. The van der Waals surface area contributed by atoms with Crippen LogP contribution in [0.2, 0.25) is 0 Å². The molecule has 0 spiro atoms. The number of rotatable bonds is 6. The van der Waals surface area contributed by atoms with E-state index in [0.29, 0.717) is 11.5 Å². The summed E-state index contributed by atoms with van der Waals surface area (Å²) < 4.78 is 0.759. The van der Waals surface area contributed by atoms with E-state index in [2.05, 4.69) is 30.9 Å². The molecule has 1 atom stereocenters. The van der Waals surface area contributed by atoms with Gasteiger partial charge < -0.3 is 5.32 Å². The Kier molecular flexibility index (Phi) is 5.63. The maximum Gasteiger partial charge on any atom is 0.242 e. The van der Waals surface area contributed by atoms with Gasteiger partial charge in [-0.3, -0.25) is 4.79 Å². The van der Waals surface area contributed by atoms with Crippen LogP contribution in [0.4, 0.5) is 5.69 Å². The normalized spacial score (nSPS) is 11.9. The van der Waals surface area contributed by atoms with Crippen molar-refractivity contribution in [2.45, 2.75) is 23.4 Å². The third-order valence-electron chi connectivity index (χ3n) is 3.95. The van der Waals surface area contributed by atoms with Crippen molar-refractivity contribution in [3.05, 3.63) is 71.0 Å². The summed E-state index contributed by atoms with van der Waals surface area (Å²) in [5.41, 5.74) is 2.36. The van der Waals surface area contributed by atoms with Crippen molar-refractivity contribution in [2.24, 2.45) is 0 Å². The van der Waals surface area contributed by atoms with Gasteiger partial charge in [0.2, 0.25) is 5.91 Å². The molecule has 2 heterocycles. The molecule has 4 rings (SSSR count). The van der Waals surface area contributed by atoms with Gasteiger partial charge in [-0.1, -0.05) is 53.4 Å². The number of nitrogens with zero attached hydrogens (tertiary/aromatic N) is 6. The molecule has 1 N–H and O–H groups in total. The van der Waals surface area contributed by atoms with Crippen LogP contribution in [-0.4, -0.2) is 36.3 Å². The maximum atomic E-state index is 13.1. The van der Waals surface area contributed by atoms with Crippen LogP contribution < -0.4 is 5.32 Å². The predicted molar refractivity (Wildman–Crippen MR) is 112 cm³/mol. The fraction of sp³-hybridized carbons (Fsp3) is 0.158. The van der Waals surface area contributed by atoms with E-state index in [1.165, 1.54) is 27.9 Å². The van der Waals surface area contributed by atoms with Crippen molar-refractivity contribution in [1.29, 1.82) is 0 Å². The molecule has 2 aromatic carbocycles. The van der Waals surface area contributed by atoms with Gasteiger partial charge in [0.1, 0.15) is 10.3 Å². The van der Waals surface area contributed by atoms with Crippen molar-refractivity contribution in [3.63, 3.8) is 0 Å². The van der Waals surface area contributed by atoms with Crippen molar-refractivity contribution < 1.29 is 4.79 Å². The molecule has 1 unspecified atom stereocenters. The Hall–Kier alpha value is -3.11. The fourth-order valence-corrected chi connectivity index (χ4v) is 4.61. The second-order valence-electron chi connectivity index (χ2n) is 6.16. The molecule has 0 saturated heterocycles. The molecule has 0 saturated carbocycles. The molecule has 10 heteroatoms. The summed E-state index contributed by atoms with van der Waals surface area (Å²) in [5, 5.41) is 23.6. The minimum Gasteiger partial charge on any atom is -0.325 e. The van der Waals surface area contributed by atoms with Crippen LogP contribution in [-0.2, 0) is 4.79 Å². The third kappa shape index (κ3) is 4.66. The van der Waals surface area contributed by atoms with E-state index in [9.17, 15) is 4.79 Å². The molecule has 0 fully saturated rings. The van der Waals surface area contributed by atoms with Crippen LogP contribution in [0.3, 0.4) is 0 Å².